The molecule has 2 rings (SSSR count). The van der Waals surface area contributed by atoms with Gasteiger partial charge in [-0.15, -0.1) is 0 Å². The highest BCUT2D eigenvalue weighted by Gasteiger charge is 2.09. The van der Waals surface area contributed by atoms with Gasteiger partial charge in [-0.3, -0.25) is 0 Å². The number of benzene rings is 2. The van der Waals surface area contributed by atoms with Gasteiger partial charge in [-0.25, -0.2) is 8.78 Å². The summed E-state index contributed by atoms with van der Waals surface area (Å²) in [5.74, 6) is -1.000. The summed E-state index contributed by atoms with van der Waals surface area (Å²) in [6.07, 6.45) is 0. The lowest BCUT2D eigenvalue weighted by Crippen LogP contribution is -2.12. The number of ether oxygens (including phenoxy) is 1. The van der Waals surface area contributed by atoms with Crippen molar-refractivity contribution in [3.8, 4) is 5.75 Å². The average Bonchev–Trinajstić information content (AvgIpc) is 2.49. The second-order valence-corrected chi connectivity index (χ2v) is 4.95. The smallest absolute Gasteiger partial charge is 0.183 e. The molecule has 0 unspecified atom stereocenters. The minimum Gasteiger partial charge on any atom is -0.486 e. The van der Waals surface area contributed by atoms with Crippen LogP contribution in [0.1, 0.15) is 18.1 Å². The predicted octanol–water partition coefficient (Wildman–Crippen LogP) is 4.31. The van der Waals surface area contributed by atoms with Gasteiger partial charge in [0.25, 0.3) is 0 Å². The Morgan fingerprint density at radius 3 is 2.76 bits per heavy atom. The molecule has 0 aliphatic heterocycles. The van der Waals surface area contributed by atoms with Crippen LogP contribution in [-0.2, 0) is 13.2 Å². The second-order valence-electron chi connectivity index (χ2n) is 4.55. The molecule has 0 saturated heterocycles. The largest absolute Gasteiger partial charge is 0.486 e. The number of halogens is 3. The first-order chi connectivity index (χ1) is 10.1. The summed E-state index contributed by atoms with van der Waals surface area (Å²) < 4.78 is 32.8. The van der Waals surface area contributed by atoms with Gasteiger partial charge in [-0.2, -0.15) is 0 Å². The van der Waals surface area contributed by atoms with Crippen LogP contribution in [0, 0.1) is 11.6 Å². The molecule has 0 radical (unpaired) electrons. The molecule has 112 valence electrons. The van der Waals surface area contributed by atoms with Crippen LogP contribution in [0.25, 0.3) is 0 Å². The lowest BCUT2D eigenvalue weighted by Gasteiger charge is -2.10. The summed E-state index contributed by atoms with van der Waals surface area (Å²) in [5, 5.41) is 3.14. The summed E-state index contributed by atoms with van der Waals surface area (Å²) in [4.78, 5) is 0. The zero-order chi connectivity index (χ0) is 15.2. The summed E-state index contributed by atoms with van der Waals surface area (Å²) in [6, 6.07) is 9.28. The minimum absolute atomic E-state index is 0.0130. The van der Waals surface area contributed by atoms with Crippen molar-refractivity contribution in [2.45, 2.75) is 20.1 Å². The molecule has 0 aliphatic carbocycles. The van der Waals surface area contributed by atoms with Crippen molar-refractivity contribution in [2.75, 3.05) is 6.54 Å². The van der Waals surface area contributed by atoms with Crippen LogP contribution in [0.2, 0.25) is 5.02 Å². The van der Waals surface area contributed by atoms with Crippen LogP contribution in [0.3, 0.4) is 0 Å². The first kappa shape index (κ1) is 15.7. The molecule has 0 spiro atoms. The topological polar surface area (TPSA) is 21.3 Å². The standard InChI is InChI=1S/C16H16ClF2NO/c1-2-20-9-11-6-7-14(18)12(8-11)10-21-15-5-3-4-13(17)16(15)19/h3-8,20H,2,9-10H2,1H3. The van der Waals surface area contributed by atoms with Crippen molar-refractivity contribution < 1.29 is 13.5 Å². The molecule has 0 saturated carbocycles. The predicted molar refractivity (Wildman–Crippen MR) is 79.5 cm³/mol. The Hall–Kier alpha value is -1.65. The van der Waals surface area contributed by atoms with Crippen LogP contribution < -0.4 is 10.1 Å². The van der Waals surface area contributed by atoms with Gasteiger partial charge in [0.05, 0.1) is 5.02 Å². The van der Waals surface area contributed by atoms with Gasteiger partial charge in [-0.1, -0.05) is 30.7 Å². The third-order valence-corrected chi connectivity index (χ3v) is 3.28. The van der Waals surface area contributed by atoms with E-state index in [1.807, 2.05) is 6.92 Å². The number of hydrogen-bond acceptors (Lipinski definition) is 2. The van der Waals surface area contributed by atoms with Gasteiger partial charge in [0.1, 0.15) is 12.4 Å². The van der Waals surface area contributed by atoms with Crippen LogP contribution in [0.5, 0.6) is 5.75 Å². The fraction of sp³-hybridized carbons (Fsp3) is 0.250. The Bertz CT molecular complexity index is 619. The zero-order valence-corrected chi connectivity index (χ0v) is 12.4. The maximum atomic E-state index is 13.8. The molecule has 0 aromatic heterocycles. The first-order valence-electron chi connectivity index (χ1n) is 6.66. The van der Waals surface area contributed by atoms with Gasteiger partial charge in [0.2, 0.25) is 0 Å². The molecule has 2 aromatic carbocycles. The lowest BCUT2D eigenvalue weighted by atomic mass is 10.1. The fourth-order valence-electron chi connectivity index (χ4n) is 1.87. The molecular formula is C16H16ClF2NO. The van der Waals surface area contributed by atoms with Gasteiger partial charge < -0.3 is 10.1 Å². The summed E-state index contributed by atoms with van der Waals surface area (Å²) in [6.45, 7) is 3.42. The van der Waals surface area contributed by atoms with Crippen LogP contribution in [0.4, 0.5) is 8.78 Å². The molecule has 0 fully saturated rings. The maximum absolute atomic E-state index is 13.8. The van der Waals surface area contributed by atoms with E-state index in [1.165, 1.54) is 18.2 Å². The molecule has 0 bridgehead atoms. The van der Waals surface area contributed by atoms with E-state index < -0.39 is 5.82 Å². The highest BCUT2D eigenvalue weighted by molar-refractivity contribution is 6.30. The summed E-state index contributed by atoms with van der Waals surface area (Å²) >= 11 is 5.67. The molecule has 2 aromatic rings. The van der Waals surface area contributed by atoms with Crippen molar-refractivity contribution in [3.05, 3.63) is 64.2 Å². The highest BCUT2D eigenvalue weighted by atomic mass is 35.5. The van der Waals surface area contributed by atoms with E-state index in [9.17, 15) is 8.78 Å². The Kier molecular flexibility index (Phi) is 5.53. The normalized spacial score (nSPS) is 10.7. The van der Waals surface area contributed by atoms with Crippen LogP contribution >= 0.6 is 11.6 Å². The molecular weight excluding hydrogens is 296 g/mol. The third kappa shape index (κ3) is 4.16. The van der Waals surface area contributed by atoms with E-state index in [4.69, 9.17) is 16.3 Å². The molecule has 2 nitrogen and oxygen atoms in total. The molecule has 21 heavy (non-hydrogen) atoms. The Morgan fingerprint density at radius 2 is 2.00 bits per heavy atom. The average molecular weight is 312 g/mol. The molecule has 0 atom stereocenters. The van der Waals surface area contributed by atoms with Crippen molar-refractivity contribution in [3.63, 3.8) is 0 Å². The Morgan fingerprint density at radius 1 is 1.19 bits per heavy atom. The van der Waals surface area contributed by atoms with Gasteiger partial charge in [0.15, 0.2) is 11.6 Å². The summed E-state index contributed by atoms with van der Waals surface area (Å²) in [5.41, 5.74) is 1.33. The van der Waals surface area contributed by atoms with E-state index in [1.54, 1.807) is 18.2 Å². The number of nitrogens with one attached hydrogen (secondary N) is 1. The van der Waals surface area contributed by atoms with Crippen molar-refractivity contribution in [1.82, 2.24) is 5.32 Å². The van der Waals surface area contributed by atoms with E-state index in [2.05, 4.69) is 5.32 Å². The van der Waals surface area contributed by atoms with Gasteiger partial charge in [0, 0.05) is 12.1 Å². The van der Waals surface area contributed by atoms with E-state index in [-0.39, 0.29) is 23.2 Å². The van der Waals surface area contributed by atoms with Crippen LogP contribution in [-0.4, -0.2) is 6.54 Å². The molecule has 0 amide bonds. The van der Waals surface area contributed by atoms with Crippen molar-refractivity contribution in [2.24, 2.45) is 0 Å². The van der Waals surface area contributed by atoms with Crippen LogP contribution in [0.15, 0.2) is 36.4 Å². The quantitative estimate of drug-likeness (QED) is 0.858. The molecule has 1 N–H and O–H groups in total. The van der Waals surface area contributed by atoms with E-state index >= 15 is 0 Å². The third-order valence-electron chi connectivity index (χ3n) is 2.99. The maximum Gasteiger partial charge on any atom is 0.183 e. The number of hydrogen-bond donors (Lipinski definition) is 1. The first-order valence-corrected chi connectivity index (χ1v) is 7.04. The Balaban J connectivity index is 2.10. The summed E-state index contributed by atoms with van der Waals surface area (Å²) in [7, 11) is 0. The SMILES string of the molecule is CCNCc1ccc(F)c(COc2cccc(Cl)c2F)c1. The van der Waals surface area contributed by atoms with E-state index in [0.717, 1.165) is 12.1 Å². The molecule has 0 heterocycles. The number of rotatable bonds is 6. The molecule has 5 heteroatoms. The van der Waals surface area contributed by atoms with Gasteiger partial charge in [-0.05, 0) is 36.4 Å². The van der Waals surface area contributed by atoms with Gasteiger partial charge >= 0.3 is 0 Å². The second kappa shape index (κ2) is 7.38. The monoisotopic (exact) mass is 311 g/mol. The van der Waals surface area contributed by atoms with Crippen molar-refractivity contribution in [1.29, 1.82) is 0 Å². The van der Waals surface area contributed by atoms with E-state index in [0.29, 0.717) is 12.1 Å². The highest BCUT2D eigenvalue weighted by Crippen LogP contribution is 2.25. The Labute approximate surface area is 127 Å². The molecule has 0 aliphatic rings. The lowest BCUT2D eigenvalue weighted by molar-refractivity contribution is 0.284. The van der Waals surface area contributed by atoms with Crippen molar-refractivity contribution >= 4 is 11.6 Å². The zero-order valence-electron chi connectivity index (χ0n) is 11.6. The minimum atomic E-state index is -0.636. The fourth-order valence-corrected chi connectivity index (χ4v) is 2.03.